The van der Waals surface area contributed by atoms with Gasteiger partial charge in [0.05, 0.1) is 31.1 Å². The van der Waals surface area contributed by atoms with Crippen molar-refractivity contribution in [1.29, 1.82) is 0 Å². The molecule has 2 fully saturated rings. The van der Waals surface area contributed by atoms with Gasteiger partial charge in [-0.25, -0.2) is 0 Å². The van der Waals surface area contributed by atoms with Crippen LogP contribution in [0.1, 0.15) is 56.2 Å². The topological polar surface area (TPSA) is 70.1 Å². The largest absolute Gasteiger partial charge is 0.481 e. The number of hydrogen-bond acceptors (Lipinski definition) is 4. The number of hydrogen-bond donors (Lipinski definition) is 1. The molecule has 2 heterocycles. The number of rotatable bonds is 8. The molecule has 6 nitrogen and oxygen atoms in total. The van der Waals surface area contributed by atoms with Crippen molar-refractivity contribution in [3.8, 4) is 0 Å². The summed E-state index contributed by atoms with van der Waals surface area (Å²) in [6.45, 7) is 7.58. The van der Waals surface area contributed by atoms with Crippen molar-refractivity contribution in [3.63, 3.8) is 0 Å². The minimum atomic E-state index is -1.04. The third-order valence-electron chi connectivity index (χ3n) is 7.57. The van der Waals surface area contributed by atoms with Crippen LogP contribution in [0.25, 0.3) is 0 Å². The van der Waals surface area contributed by atoms with Crippen LogP contribution in [0.2, 0.25) is 10.0 Å². The summed E-state index contributed by atoms with van der Waals surface area (Å²) >= 11 is 12.6. The number of carboxylic acid groups (broad SMARTS) is 1. The fourth-order valence-electron chi connectivity index (χ4n) is 5.78. The molecule has 4 rings (SSSR count). The summed E-state index contributed by atoms with van der Waals surface area (Å²) in [6.07, 6.45) is 0.940. The van der Waals surface area contributed by atoms with E-state index >= 15 is 0 Å². The molecule has 2 unspecified atom stereocenters. The first-order chi connectivity index (χ1) is 17.2. The predicted octanol–water partition coefficient (Wildman–Crippen LogP) is 5.64. The van der Waals surface area contributed by atoms with Crippen molar-refractivity contribution in [2.75, 3.05) is 32.8 Å². The van der Waals surface area contributed by atoms with Gasteiger partial charge in [0, 0.05) is 41.6 Å². The van der Waals surface area contributed by atoms with E-state index < -0.39 is 11.4 Å². The highest BCUT2D eigenvalue weighted by Crippen LogP contribution is 2.52. The number of likely N-dealkylation sites (tertiary alicyclic amines) is 1. The van der Waals surface area contributed by atoms with Gasteiger partial charge in [-0.05, 0) is 48.2 Å². The zero-order valence-corrected chi connectivity index (χ0v) is 22.3. The van der Waals surface area contributed by atoms with Crippen LogP contribution in [0.3, 0.4) is 0 Å². The Morgan fingerprint density at radius 2 is 1.81 bits per heavy atom. The van der Waals surface area contributed by atoms with Gasteiger partial charge < -0.3 is 14.7 Å². The Kier molecular flexibility index (Phi) is 8.61. The van der Waals surface area contributed by atoms with Crippen molar-refractivity contribution < 1.29 is 19.4 Å². The molecule has 1 amide bonds. The molecule has 0 radical (unpaired) electrons. The van der Waals surface area contributed by atoms with E-state index in [9.17, 15) is 14.7 Å². The second-order valence-electron chi connectivity index (χ2n) is 10.2. The highest BCUT2D eigenvalue weighted by Gasteiger charge is 2.52. The Balaban J connectivity index is 1.84. The van der Waals surface area contributed by atoms with Crippen LogP contribution in [0, 0.1) is 5.41 Å². The Bertz CT molecular complexity index is 1070. The highest BCUT2D eigenvalue weighted by molar-refractivity contribution is 6.30. The first kappa shape index (κ1) is 26.9. The average Bonchev–Trinajstić information content (AvgIpc) is 2.85. The Morgan fingerprint density at radius 3 is 2.42 bits per heavy atom. The quantitative estimate of drug-likeness (QED) is 0.476. The molecule has 194 valence electrons. The summed E-state index contributed by atoms with van der Waals surface area (Å²) in [7, 11) is 0. The smallest absolute Gasteiger partial charge is 0.304 e. The van der Waals surface area contributed by atoms with Gasteiger partial charge in [0.2, 0.25) is 5.91 Å². The lowest BCUT2D eigenvalue weighted by Crippen LogP contribution is -2.58. The third kappa shape index (κ3) is 5.88. The fourth-order valence-corrected chi connectivity index (χ4v) is 6.10. The standard InChI is InChI=1S/C28H34Cl2N2O4/c1-3-23(18-31-11-13-36-14-12-31)32-26(19-7-9-21(29)10-8-19)24(20-5-4-6-22(30)15-20)16-28(2,27(32)35)17-25(33)34/h4-10,15,23-24,26H,3,11-14,16-18H2,1-2H3,(H,33,34)/t23?,24?,26-,28-/m1/s1. The number of nitrogens with zero attached hydrogens (tertiary/aromatic N) is 2. The maximum Gasteiger partial charge on any atom is 0.304 e. The number of halogens is 2. The van der Waals surface area contributed by atoms with Crippen LogP contribution in [0.4, 0.5) is 0 Å². The Hall–Kier alpha value is -2.12. The van der Waals surface area contributed by atoms with Crippen LogP contribution in [-0.2, 0) is 14.3 Å². The van der Waals surface area contributed by atoms with E-state index in [1.807, 2.05) is 53.4 Å². The SMILES string of the molecule is CCC(CN1CCOCC1)N1C(=O)[C@@](C)(CC(=O)O)CC(c2cccc(Cl)c2)[C@H]1c1ccc(Cl)cc1. The van der Waals surface area contributed by atoms with Gasteiger partial charge in [-0.2, -0.15) is 0 Å². The van der Waals surface area contributed by atoms with Crippen LogP contribution in [0.5, 0.6) is 0 Å². The van der Waals surface area contributed by atoms with Gasteiger partial charge in [-0.3, -0.25) is 14.5 Å². The summed E-state index contributed by atoms with van der Waals surface area (Å²) in [5, 5.41) is 11.0. The summed E-state index contributed by atoms with van der Waals surface area (Å²) < 4.78 is 5.53. The molecule has 36 heavy (non-hydrogen) atoms. The van der Waals surface area contributed by atoms with E-state index in [0.29, 0.717) is 36.2 Å². The summed E-state index contributed by atoms with van der Waals surface area (Å²) in [4.78, 5) is 30.5. The lowest BCUT2D eigenvalue weighted by Gasteiger charge is -2.52. The first-order valence-corrected chi connectivity index (χ1v) is 13.3. The number of carbonyl (C=O) groups excluding carboxylic acids is 1. The second-order valence-corrected chi connectivity index (χ2v) is 11.1. The van der Waals surface area contributed by atoms with E-state index in [0.717, 1.165) is 30.6 Å². The number of morpholine rings is 1. The number of ether oxygens (including phenoxy) is 1. The van der Waals surface area contributed by atoms with E-state index in [1.165, 1.54) is 0 Å². The highest BCUT2D eigenvalue weighted by atomic mass is 35.5. The van der Waals surface area contributed by atoms with Gasteiger partial charge in [0.1, 0.15) is 0 Å². The van der Waals surface area contributed by atoms with Crippen molar-refractivity contribution in [3.05, 3.63) is 69.7 Å². The Labute approximate surface area is 223 Å². The summed E-state index contributed by atoms with van der Waals surface area (Å²) in [6, 6.07) is 15.0. The Morgan fingerprint density at radius 1 is 1.11 bits per heavy atom. The second kappa shape index (κ2) is 11.5. The van der Waals surface area contributed by atoms with E-state index in [1.54, 1.807) is 6.92 Å². The molecule has 8 heteroatoms. The van der Waals surface area contributed by atoms with Crippen LogP contribution < -0.4 is 0 Å². The predicted molar refractivity (Wildman–Crippen MR) is 142 cm³/mol. The van der Waals surface area contributed by atoms with Gasteiger partial charge >= 0.3 is 5.97 Å². The molecule has 0 aliphatic carbocycles. The minimum Gasteiger partial charge on any atom is -0.481 e. The first-order valence-electron chi connectivity index (χ1n) is 12.6. The number of benzene rings is 2. The molecule has 4 atom stereocenters. The number of aliphatic carboxylic acids is 1. The molecular formula is C28H34Cl2N2O4. The van der Waals surface area contributed by atoms with Crippen LogP contribution >= 0.6 is 23.2 Å². The monoisotopic (exact) mass is 532 g/mol. The van der Waals surface area contributed by atoms with Crippen molar-refractivity contribution in [2.45, 2.75) is 51.1 Å². The molecule has 0 bridgehead atoms. The molecule has 1 N–H and O–H groups in total. The van der Waals surface area contributed by atoms with Crippen molar-refractivity contribution in [1.82, 2.24) is 9.80 Å². The molecule has 2 aromatic carbocycles. The van der Waals surface area contributed by atoms with Gasteiger partial charge in [0.25, 0.3) is 0 Å². The number of carboxylic acids is 1. The maximum absolute atomic E-state index is 14.3. The number of piperidine rings is 1. The van der Waals surface area contributed by atoms with Crippen molar-refractivity contribution >= 4 is 35.1 Å². The molecule has 0 saturated carbocycles. The van der Waals surface area contributed by atoms with E-state index in [2.05, 4.69) is 11.8 Å². The molecule has 2 aliphatic rings. The number of amides is 1. The number of carbonyl (C=O) groups is 2. The van der Waals surface area contributed by atoms with Gasteiger partial charge in [0.15, 0.2) is 0 Å². The summed E-state index contributed by atoms with van der Waals surface area (Å²) in [5.74, 6) is -1.21. The molecular weight excluding hydrogens is 499 g/mol. The lowest BCUT2D eigenvalue weighted by molar-refractivity contribution is -0.161. The lowest BCUT2D eigenvalue weighted by atomic mass is 9.67. The zero-order chi connectivity index (χ0) is 25.9. The van der Waals surface area contributed by atoms with Crippen LogP contribution in [0.15, 0.2) is 48.5 Å². The van der Waals surface area contributed by atoms with Gasteiger partial charge in [-0.1, -0.05) is 61.3 Å². The van der Waals surface area contributed by atoms with E-state index in [-0.39, 0.29) is 30.3 Å². The molecule has 0 spiro atoms. The van der Waals surface area contributed by atoms with Crippen LogP contribution in [-0.4, -0.2) is 65.7 Å². The normalized spacial score (nSPS) is 26.1. The maximum atomic E-state index is 14.3. The van der Waals surface area contributed by atoms with Gasteiger partial charge in [-0.15, -0.1) is 0 Å². The average molecular weight is 533 g/mol. The molecule has 2 aromatic rings. The molecule has 2 aliphatic heterocycles. The summed E-state index contributed by atoms with van der Waals surface area (Å²) in [5.41, 5.74) is 0.938. The minimum absolute atomic E-state index is 0.0913. The van der Waals surface area contributed by atoms with Crippen molar-refractivity contribution in [2.24, 2.45) is 5.41 Å². The van der Waals surface area contributed by atoms with E-state index in [4.69, 9.17) is 27.9 Å². The zero-order valence-electron chi connectivity index (χ0n) is 20.8. The fraction of sp³-hybridized carbons (Fsp3) is 0.500. The molecule has 0 aromatic heterocycles. The molecule has 2 saturated heterocycles. The third-order valence-corrected chi connectivity index (χ3v) is 8.06.